The van der Waals surface area contributed by atoms with Crippen LogP contribution in [0.4, 0.5) is 0 Å². The van der Waals surface area contributed by atoms with Crippen molar-refractivity contribution in [1.29, 1.82) is 0 Å². The number of amides is 1. The first kappa shape index (κ1) is 25.4. The lowest BCUT2D eigenvalue weighted by atomic mass is 9.99. The predicted molar refractivity (Wildman–Crippen MR) is 121 cm³/mol. The van der Waals surface area contributed by atoms with Crippen molar-refractivity contribution in [1.82, 2.24) is 4.90 Å². The number of esters is 1. The number of piperidine rings is 1. The Bertz CT molecular complexity index is 736. The lowest BCUT2D eigenvalue weighted by molar-refractivity contribution is -0.152. The van der Waals surface area contributed by atoms with Crippen molar-refractivity contribution in [2.75, 3.05) is 19.8 Å². The van der Waals surface area contributed by atoms with Gasteiger partial charge in [-0.3, -0.25) is 4.79 Å². The van der Waals surface area contributed by atoms with Gasteiger partial charge in [0.05, 0.1) is 18.2 Å². The van der Waals surface area contributed by atoms with Crippen LogP contribution in [0.5, 0.6) is 0 Å². The Morgan fingerprint density at radius 2 is 2.16 bits per heavy atom. The van der Waals surface area contributed by atoms with Gasteiger partial charge < -0.3 is 19.5 Å². The Morgan fingerprint density at radius 1 is 1.35 bits per heavy atom. The average molecular weight is 452 g/mol. The quantitative estimate of drug-likeness (QED) is 0.296. The molecule has 0 radical (unpaired) electrons. The van der Waals surface area contributed by atoms with Crippen LogP contribution in [0.3, 0.4) is 0 Å². The van der Waals surface area contributed by atoms with Crippen LogP contribution in [0, 0.1) is 0 Å². The molecule has 1 amide bonds. The van der Waals surface area contributed by atoms with Gasteiger partial charge in [-0.05, 0) is 57.2 Å². The fraction of sp³-hybridized carbons (Fsp3) is 0.583. The van der Waals surface area contributed by atoms with Crippen molar-refractivity contribution >= 4 is 23.5 Å². The molecule has 1 unspecified atom stereocenters. The number of aliphatic hydroxyl groups is 1. The third-order valence-electron chi connectivity index (χ3n) is 5.03. The highest BCUT2D eigenvalue weighted by Crippen LogP contribution is 2.21. The van der Waals surface area contributed by atoms with E-state index in [1.54, 1.807) is 26.0 Å². The summed E-state index contributed by atoms with van der Waals surface area (Å²) in [6.45, 7) is 4.65. The summed E-state index contributed by atoms with van der Waals surface area (Å²) in [5.41, 5.74) is 0.971. The molecule has 0 aliphatic carbocycles. The number of benzene rings is 1. The Balaban J connectivity index is 1.75. The van der Waals surface area contributed by atoms with Gasteiger partial charge in [0.1, 0.15) is 6.61 Å². The Kier molecular flexibility index (Phi) is 11.1. The monoisotopic (exact) mass is 451 g/mol. The molecular weight excluding hydrogens is 418 g/mol. The molecule has 1 fully saturated rings. The van der Waals surface area contributed by atoms with Crippen LogP contribution in [0.15, 0.2) is 36.4 Å². The zero-order valence-corrected chi connectivity index (χ0v) is 19.2. The van der Waals surface area contributed by atoms with E-state index in [2.05, 4.69) is 0 Å². The summed E-state index contributed by atoms with van der Waals surface area (Å²) >= 11 is 6.00. The van der Waals surface area contributed by atoms with Crippen LogP contribution in [0.2, 0.25) is 5.02 Å². The van der Waals surface area contributed by atoms with E-state index < -0.39 is 6.10 Å². The predicted octanol–water partition coefficient (Wildman–Crippen LogP) is 3.93. The molecule has 1 N–H and O–H groups in total. The van der Waals surface area contributed by atoms with E-state index in [1.807, 2.05) is 29.2 Å². The van der Waals surface area contributed by atoms with Crippen LogP contribution in [0.25, 0.3) is 0 Å². The van der Waals surface area contributed by atoms with E-state index in [4.69, 9.17) is 21.1 Å². The van der Waals surface area contributed by atoms with E-state index in [-0.39, 0.29) is 30.6 Å². The second-order valence-corrected chi connectivity index (χ2v) is 8.57. The summed E-state index contributed by atoms with van der Waals surface area (Å²) in [5, 5.41) is 11.0. The summed E-state index contributed by atoms with van der Waals surface area (Å²) in [7, 11) is 0. The number of nitrogens with zero attached hydrogens (tertiary/aromatic N) is 1. The van der Waals surface area contributed by atoms with E-state index in [0.717, 1.165) is 31.2 Å². The molecule has 0 bridgehead atoms. The normalized spacial score (nSPS) is 18.0. The highest BCUT2D eigenvalue weighted by molar-refractivity contribution is 6.30. The summed E-state index contributed by atoms with van der Waals surface area (Å²) in [4.78, 5) is 25.7. The van der Waals surface area contributed by atoms with E-state index >= 15 is 0 Å². The molecule has 1 aliphatic rings. The van der Waals surface area contributed by atoms with E-state index in [9.17, 15) is 14.7 Å². The number of carbonyl (C=O) groups is 2. The highest BCUT2D eigenvalue weighted by Gasteiger charge is 2.25. The molecule has 1 aromatic carbocycles. The summed E-state index contributed by atoms with van der Waals surface area (Å²) in [6.07, 6.45) is 7.30. The molecule has 172 valence electrons. The fourth-order valence-corrected chi connectivity index (χ4v) is 3.82. The minimum atomic E-state index is -0.628. The molecule has 1 aromatic rings. The van der Waals surface area contributed by atoms with Crippen LogP contribution >= 0.6 is 11.6 Å². The summed E-state index contributed by atoms with van der Waals surface area (Å²) in [5.74, 6) is -0.214. The van der Waals surface area contributed by atoms with Crippen molar-refractivity contribution in [3.63, 3.8) is 0 Å². The number of hydrogen-bond acceptors (Lipinski definition) is 5. The summed E-state index contributed by atoms with van der Waals surface area (Å²) in [6, 6.07) is 7.45. The van der Waals surface area contributed by atoms with E-state index in [1.165, 1.54) is 0 Å². The van der Waals surface area contributed by atoms with Crippen LogP contribution < -0.4 is 0 Å². The summed E-state index contributed by atoms with van der Waals surface area (Å²) < 4.78 is 10.4. The first-order valence-corrected chi connectivity index (χ1v) is 11.4. The Morgan fingerprint density at radius 3 is 2.90 bits per heavy atom. The lowest BCUT2D eigenvalue weighted by Crippen LogP contribution is -2.43. The SMILES string of the molecule is CC(C)OC(=O)COCCCCN1C(=O)CCC[C@@H]1C=CC(O)Cc1cccc(Cl)c1. The molecule has 31 heavy (non-hydrogen) atoms. The topological polar surface area (TPSA) is 76.1 Å². The van der Waals surface area contributed by atoms with Crippen LogP contribution in [-0.2, 0) is 25.5 Å². The second kappa shape index (κ2) is 13.5. The van der Waals surface area contributed by atoms with Crippen molar-refractivity contribution < 1.29 is 24.2 Å². The smallest absolute Gasteiger partial charge is 0.332 e. The van der Waals surface area contributed by atoms with Gasteiger partial charge in [-0.25, -0.2) is 4.79 Å². The molecule has 7 heteroatoms. The standard InChI is InChI=1S/C24H34ClNO5/c1-18(2)31-24(29)17-30-14-4-3-13-26-21(9-6-10-23(26)28)11-12-22(27)16-19-7-5-8-20(25)15-19/h5,7-8,11-12,15,18,21-22,27H,3-4,6,9-10,13-14,16-17H2,1-2H3/t21-,22?/m1/s1. The first-order valence-electron chi connectivity index (χ1n) is 11.0. The first-order chi connectivity index (χ1) is 14.8. The Hall–Kier alpha value is -1.89. The second-order valence-electron chi connectivity index (χ2n) is 8.13. The maximum absolute atomic E-state index is 12.4. The average Bonchev–Trinajstić information content (AvgIpc) is 2.69. The number of carbonyl (C=O) groups excluding carboxylic acids is 2. The van der Waals surface area contributed by atoms with Gasteiger partial charge in [0, 0.05) is 31.0 Å². The maximum atomic E-state index is 12.4. The molecule has 1 heterocycles. The zero-order chi connectivity index (χ0) is 22.6. The van der Waals surface area contributed by atoms with Gasteiger partial charge in [0.25, 0.3) is 0 Å². The molecule has 0 saturated carbocycles. The largest absolute Gasteiger partial charge is 0.461 e. The highest BCUT2D eigenvalue weighted by atomic mass is 35.5. The molecule has 1 saturated heterocycles. The van der Waals surface area contributed by atoms with E-state index in [0.29, 0.717) is 31.0 Å². The molecular formula is C24H34ClNO5. The molecule has 1 aliphatic heterocycles. The third-order valence-corrected chi connectivity index (χ3v) is 5.26. The van der Waals surface area contributed by atoms with Crippen molar-refractivity contribution in [3.8, 4) is 0 Å². The number of rotatable bonds is 12. The van der Waals surface area contributed by atoms with Gasteiger partial charge in [0.15, 0.2) is 0 Å². The number of ether oxygens (including phenoxy) is 2. The molecule has 0 spiro atoms. The minimum absolute atomic E-state index is 0.00259. The molecule has 6 nitrogen and oxygen atoms in total. The van der Waals surface area contributed by atoms with Gasteiger partial charge in [-0.1, -0.05) is 35.9 Å². The zero-order valence-electron chi connectivity index (χ0n) is 18.5. The molecule has 0 aromatic heterocycles. The Labute approximate surface area is 190 Å². The number of aliphatic hydroxyl groups excluding tert-OH is 1. The van der Waals surface area contributed by atoms with Crippen molar-refractivity contribution in [2.24, 2.45) is 0 Å². The van der Waals surface area contributed by atoms with Gasteiger partial charge in [-0.2, -0.15) is 0 Å². The molecule has 2 rings (SSSR count). The van der Waals surface area contributed by atoms with Crippen molar-refractivity contribution in [2.45, 2.75) is 70.6 Å². The fourth-order valence-electron chi connectivity index (χ4n) is 3.61. The number of likely N-dealkylation sites (tertiary alicyclic amines) is 1. The lowest BCUT2D eigenvalue weighted by Gasteiger charge is -2.34. The van der Waals surface area contributed by atoms with Gasteiger partial charge in [-0.15, -0.1) is 0 Å². The van der Waals surface area contributed by atoms with Crippen LogP contribution in [0.1, 0.15) is 51.5 Å². The van der Waals surface area contributed by atoms with Gasteiger partial charge in [0.2, 0.25) is 5.91 Å². The number of hydrogen-bond donors (Lipinski definition) is 1. The maximum Gasteiger partial charge on any atom is 0.332 e. The van der Waals surface area contributed by atoms with Gasteiger partial charge >= 0.3 is 5.97 Å². The molecule has 2 atom stereocenters. The van der Waals surface area contributed by atoms with Crippen LogP contribution in [-0.4, -0.2) is 59.9 Å². The minimum Gasteiger partial charge on any atom is -0.461 e. The third kappa shape index (κ3) is 9.85. The number of halogens is 1. The number of unbranched alkanes of at least 4 members (excludes halogenated alkanes) is 1. The van der Waals surface area contributed by atoms with Crippen molar-refractivity contribution in [3.05, 3.63) is 47.0 Å².